The van der Waals surface area contributed by atoms with Crippen LogP contribution in [-0.4, -0.2) is 25.7 Å². The largest absolute Gasteiger partial charge is 0.488 e. The minimum absolute atomic E-state index is 0.307. The van der Waals surface area contributed by atoms with Crippen LogP contribution in [0.3, 0.4) is 0 Å². The van der Waals surface area contributed by atoms with Gasteiger partial charge in [-0.15, -0.1) is 0 Å². The van der Waals surface area contributed by atoms with Gasteiger partial charge in [-0.1, -0.05) is 43.0 Å². The van der Waals surface area contributed by atoms with Gasteiger partial charge in [0, 0.05) is 12.6 Å². The normalized spacial score (nSPS) is 11.0. The lowest BCUT2D eigenvalue weighted by Gasteiger charge is -2.08. The van der Waals surface area contributed by atoms with Crippen molar-refractivity contribution in [2.45, 2.75) is 6.54 Å². The number of benzene rings is 2. The Hall–Kier alpha value is -3.39. The highest BCUT2D eigenvalue weighted by atomic mass is 79.9. The lowest BCUT2D eigenvalue weighted by Crippen LogP contribution is -2.31. The summed E-state index contributed by atoms with van der Waals surface area (Å²) in [5.41, 5.74) is 1.44. The van der Waals surface area contributed by atoms with Crippen molar-refractivity contribution < 1.29 is 4.74 Å². The molecular formula is C22H19BrN4O3. The van der Waals surface area contributed by atoms with E-state index in [0.717, 1.165) is 15.6 Å². The topological polar surface area (TPSA) is 81.9 Å². The summed E-state index contributed by atoms with van der Waals surface area (Å²) >= 11 is 3.51. The molecule has 4 rings (SSSR count). The Balaban J connectivity index is 1.86. The molecule has 0 aliphatic heterocycles. The first-order valence-corrected chi connectivity index (χ1v) is 10.1. The van der Waals surface area contributed by atoms with Gasteiger partial charge in [0.25, 0.3) is 5.56 Å². The molecule has 1 N–H and O–H groups in total. The Morgan fingerprint density at radius 2 is 1.97 bits per heavy atom. The van der Waals surface area contributed by atoms with E-state index in [0.29, 0.717) is 35.9 Å². The average Bonchev–Trinajstić information content (AvgIpc) is 3.08. The van der Waals surface area contributed by atoms with Gasteiger partial charge < -0.3 is 9.30 Å². The van der Waals surface area contributed by atoms with Crippen molar-refractivity contribution in [3.63, 3.8) is 0 Å². The second-order valence-corrected chi connectivity index (χ2v) is 7.60. The van der Waals surface area contributed by atoms with Crippen LogP contribution < -0.4 is 16.0 Å². The van der Waals surface area contributed by atoms with Crippen LogP contribution in [0.5, 0.6) is 5.75 Å². The average molecular weight is 467 g/mol. The molecule has 2 heterocycles. The molecule has 0 saturated heterocycles. The third-order valence-corrected chi connectivity index (χ3v) is 5.36. The Morgan fingerprint density at radius 1 is 1.20 bits per heavy atom. The number of aromatic amines is 1. The predicted octanol–water partition coefficient (Wildman–Crippen LogP) is 3.47. The maximum absolute atomic E-state index is 12.5. The number of fused-ring (bicyclic) bond motifs is 1. The molecule has 0 unspecified atom stereocenters. The fourth-order valence-corrected chi connectivity index (χ4v) is 3.82. The van der Waals surface area contributed by atoms with Crippen LogP contribution in [0.25, 0.3) is 22.6 Å². The number of aromatic nitrogens is 4. The Bertz CT molecular complexity index is 1350. The van der Waals surface area contributed by atoms with Crippen LogP contribution in [0.1, 0.15) is 5.56 Å². The van der Waals surface area contributed by atoms with Crippen LogP contribution in [0, 0.1) is 0 Å². The molecule has 0 atom stereocenters. The van der Waals surface area contributed by atoms with Gasteiger partial charge in [-0.2, -0.15) is 0 Å². The molecule has 2 aromatic heterocycles. The lowest BCUT2D eigenvalue weighted by atomic mass is 10.2. The second-order valence-electron chi connectivity index (χ2n) is 6.74. The highest BCUT2D eigenvalue weighted by Crippen LogP contribution is 2.31. The predicted molar refractivity (Wildman–Crippen MR) is 120 cm³/mol. The number of aryl methyl sites for hydroxylation is 1. The first kappa shape index (κ1) is 19.9. The van der Waals surface area contributed by atoms with Crippen LogP contribution in [0.2, 0.25) is 0 Å². The van der Waals surface area contributed by atoms with Gasteiger partial charge in [0.05, 0.1) is 11.0 Å². The van der Waals surface area contributed by atoms with Gasteiger partial charge >= 0.3 is 5.69 Å². The molecule has 0 bridgehead atoms. The van der Waals surface area contributed by atoms with E-state index in [-0.39, 0.29) is 0 Å². The molecule has 8 heteroatoms. The van der Waals surface area contributed by atoms with E-state index in [2.05, 4.69) is 32.5 Å². The zero-order valence-corrected chi connectivity index (χ0v) is 17.8. The molecule has 7 nitrogen and oxygen atoms in total. The highest BCUT2D eigenvalue weighted by molar-refractivity contribution is 9.10. The summed E-state index contributed by atoms with van der Waals surface area (Å²) < 4.78 is 9.52. The summed E-state index contributed by atoms with van der Waals surface area (Å²) in [7, 11) is 1.76. The van der Waals surface area contributed by atoms with Crippen LogP contribution in [0.4, 0.5) is 0 Å². The number of rotatable bonds is 6. The molecule has 2 aromatic carbocycles. The van der Waals surface area contributed by atoms with E-state index in [1.165, 1.54) is 4.57 Å². The number of ether oxygens (including phenoxy) is 1. The van der Waals surface area contributed by atoms with Crippen molar-refractivity contribution >= 4 is 27.1 Å². The molecule has 152 valence electrons. The Morgan fingerprint density at radius 3 is 2.67 bits per heavy atom. The minimum atomic E-state index is -0.490. The molecule has 0 aliphatic rings. The zero-order chi connectivity index (χ0) is 21.3. The molecular weight excluding hydrogens is 448 g/mol. The van der Waals surface area contributed by atoms with E-state index < -0.39 is 11.2 Å². The molecule has 0 fully saturated rings. The SMILES string of the molecule is C=CCOc1ccc(-c2nc3c(c(=O)[nH]c(=O)n3Cc3ccccc3)n2C)cc1Br. The van der Waals surface area contributed by atoms with Crippen LogP contribution >= 0.6 is 15.9 Å². The Kier molecular flexibility index (Phi) is 5.41. The summed E-state index contributed by atoms with van der Waals surface area (Å²) in [6, 6.07) is 15.1. The summed E-state index contributed by atoms with van der Waals surface area (Å²) in [4.78, 5) is 32.1. The molecule has 0 saturated carbocycles. The van der Waals surface area contributed by atoms with Gasteiger partial charge in [0.15, 0.2) is 11.2 Å². The van der Waals surface area contributed by atoms with Gasteiger partial charge in [-0.3, -0.25) is 14.3 Å². The Labute approximate surface area is 180 Å². The zero-order valence-electron chi connectivity index (χ0n) is 16.3. The highest BCUT2D eigenvalue weighted by Gasteiger charge is 2.18. The molecule has 0 spiro atoms. The molecule has 0 radical (unpaired) electrons. The number of nitrogens with zero attached hydrogens (tertiary/aromatic N) is 3. The van der Waals surface area contributed by atoms with E-state index in [1.807, 2.05) is 48.5 Å². The van der Waals surface area contributed by atoms with Crippen molar-refractivity contribution in [1.82, 2.24) is 19.1 Å². The standard InChI is InChI=1S/C22H19BrN4O3/c1-3-11-30-17-10-9-15(12-16(17)23)19-24-20-18(26(19)2)21(28)25-22(29)27(20)13-14-7-5-4-6-8-14/h3-10,12H,1,11,13H2,2H3,(H,25,28,29). The van der Waals surface area contributed by atoms with E-state index >= 15 is 0 Å². The third-order valence-electron chi connectivity index (χ3n) is 4.74. The number of hydrogen-bond donors (Lipinski definition) is 1. The monoisotopic (exact) mass is 466 g/mol. The molecule has 30 heavy (non-hydrogen) atoms. The maximum Gasteiger partial charge on any atom is 0.330 e. The van der Waals surface area contributed by atoms with Crippen LogP contribution in [0.15, 0.2) is 75.2 Å². The molecule has 0 amide bonds. The summed E-state index contributed by atoms with van der Waals surface area (Å²) in [6.07, 6.45) is 1.67. The van der Waals surface area contributed by atoms with Crippen LogP contribution in [-0.2, 0) is 13.6 Å². The van der Waals surface area contributed by atoms with Gasteiger partial charge in [0.2, 0.25) is 0 Å². The van der Waals surface area contributed by atoms with Gasteiger partial charge in [-0.05, 0) is 39.7 Å². The smallest absolute Gasteiger partial charge is 0.330 e. The molecule has 0 aliphatic carbocycles. The summed E-state index contributed by atoms with van der Waals surface area (Å²) in [5.74, 6) is 1.25. The van der Waals surface area contributed by atoms with Gasteiger partial charge in [0.1, 0.15) is 18.2 Å². The number of H-pyrrole nitrogens is 1. The van der Waals surface area contributed by atoms with E-state index in [1.54, 1.807) is 17.7 Å². The van der Waals surface area contributed by atoms with Gasteiger partial charge in [-0.25, -0.2) is 9.78 Å². The third kappa shape index (κ3) is 3.61. The van der Waals surface area contributed by atoms with Crippen molar-refractivity contribution in [2.24, 2.45) is 7.05 Å². The van der Waals surface area contributed by atoms with E-state index in [4.69, 9.17) is 4.74 Å². The quantitative estimate of drug-likeness (QED) is 0.441. The molecule has 4 aromatic rings. The summed E-state index contributed by atoms with van der Waals surface area (Å²) in [5, 5.41) is 0. The van der Waals surface area contributed by atoms with E-state index in [9.17, 15) is 9.59 Å². The fourth-order valence-electron chi connectivity index (χ4n) is 3.32. The first-order chi connectivity index (χ1) is 14.5. The fraction of sp³-hybridized carbons (Fsp3) is 0.136. The maximum atomic E-state index is 12.5. The van der Waals surface area contributed by atoms with Crippen molar-refractivity contribution in [2.75, 3.05) is 6.61 Å². The van der Waals surface area contributed by atoms with Crippen molar-refractivity contribution in [3.05, 3.63) is 92.1 Å². The lowest BCUT2D eigenvalue weighted by molar-refractivity contribution is 0.361. The number of imidazole rings is 1. The minimum Gasteiger partial charge on any atom is -0.488 e. The first-order valence-electron chi connectivity index (χ1n) is 9.26. The van der Waals surface area contributed by atoms with Crippen molar-refractivity contribution in [3.8, 4) is 17.1 Å². The number of nitrogens with one attached hydrogen (secondary N) is 1. The number of hydrogen-bond acceptors (Lipinski definition) is 4. The second kappa shape index (κ2) is 8.16. The van der Waals surface area contributed by atoms with Crippen molar-refractivity contribution in [1.29, 1.82) is 0 Å². The summed E-state index contributed by atoms with van der Waals surface area (Å²) in [6.45, 7) is 4.35. The number of halogens is 1.